The van der Waals surface area contributed by atoms with E-state index in [-0.39, 0.29) is 6.04 Å². The van der Waals surface area contributed by atoms with Gasteiger partial charge < -0.3 is 10.1 Å². The average molecular weight is 395 g/mol. The Kier molecular flexibility index (Phi) is 6.87. The Bertz CT molecular complexity index is 1000. The van der Waals surface area contributed by atoms with E-state index in [1.165, 1.54) is 16.7 Å². The third kappa shape index (κ3) is 5.79. The highest BCUT2D eigenvalue weighted by Crippen LogP contribution is 2.20. The Morgan fingerprint density at radius 2 is 1.40 bits per heavy atom. The van der Waals surface area contributed by atoms with Crippen molar-refractivity contribution in [1.82, 2.24) is 10.3 Å². The first-order valence-electron chi connectivity index (χ1n) is 10.3. The molecule has 4 rings (SSSR count). The molecule has 3 heteroatoms. The summed E-state index contributed by atoms with van der Waals surface area (Å²) < 4.78 is 5.84. The van der Waals surface area contributed by atoms with Gasteiger partial charge in [0.2, 0.25) is 0 Å². The molecular formula is C27H26N2O. The average Bonchev–Trinajstić information content (AvgIpc) is 2.83. The number of benzene rings is 3. The molecule has 0 saturated carbocycles. The van der Waals surface area contributed by atoms with Gasteiger partial charge in [-0.3, -0.25) is 4.98 Å². The predicted molar refractivity (Wildman–Crippen MR) is 121 cm³/mol. The lowest BCUT2D eigenvalue weighted by Gasteiger charge is -2.20. The summed E-state index contributed by atoms with van der Waals surface area (Å²) in [6.07, 6.45) is 2.74. The Balaban J connectivity index is 1.37. The molecule has 1 atom stereocenters. The normalized spacial score (nSPS) is 11.7. The number of rotatable bonds is 9. The first-order valence-corrected chi connectivity index (χ1v) is 10.3. The van der Waals surface area contributed by atoms with E-state index >= 15 is 0 Å². The smallest absolute Gasteiger partial charge is 0.130 e. The third-order valence-corrected chi connectivity index (χ3v) is 5.07. The van der Waals surface area contributed by atoms with Crippen LogP contribution in [0.1, 0.15) is 28.4 Å². The number of hydrogen-bond donors (Lipinski definition) is 1. The van der Waals surface area contributed by atoms with Crippen molar-refractivity contribution in [3.8, 4) is 5.75 Å². The fourth-order valence-electron chi connectivity index (χ4n) is 3.43. The number of nitrogens with zero attached hydrogens (tertiary/aromatic N) is 1. The molecule has 0 radical (unpaired) electrons. The summed E-state index contributed by atoms with van der Waals surface area (Å²) in [5.41, 5.74) is 4.79. The molecule has 0 saturated heterocycles. The van der Waals surface area contributed by atoms with E-state index in [1.807, 2.05) is 30.3 Å². The van der Waals surface area contributed by atoms with Crippen LogP contribution in [0.3, 0.4) is 0 Å². The van der Waals surface area contributed by atoms with Crippen LogP contribution in [0.5, 0.6) is 5.75 Å². The highest BCUT2D eigenvalue weighted by molar-refractivity contribution is 5.28. The standard InChI is InChI=1S/C27H26N2O/c1-3-9-22(10-4-1)19-27(24-11-5-2-6-12-24)29-20-23-14-16-26(17-15-23)30-21-25-13-7-8-18-28-25/h1-18,27,29H,19-21H2. The summed E-state index contributed by atoms with van der Waals surface area (Å²) in [4.78, 5) is 4.29. The maximum atomic E-state index is 5.84. The van der Waals surface area contributed by atoms with Crippen LogP contribution in [-0.4, -0.2) is 4.98 Å². The van der Waals surface area contributed by atoms with Crippen LogP contribution in [0.4, 0.5) is 0 Å². The Labute approximate surface area is 178 Å². The van der Waals surface area contributed by atoms with Crippen molar-refractivity contribution in [2.45, 2.75) is 25.6 Å². The third-order valence-electron chi connectivity index (χ3n) is 5.07. The first kappa shape index (κ1) is 19.9. The Morgan fingerprint density at radius 1 is 0.700 bits per heavy atom. The largest absolute Gasteiger partial charge is 0.487 e. The van der Waals surface area contributed by atoms with Crippen LogP contribution in [-0.2, 0) is 19.6 Å². The van der Waals surface area contributed by atoms with Gasteiger partial charge in [-0.1, -0.05) is 78.9 Å². The van der Waals surface area contributed by atoms with E-state index in [0.717, 1.165) is 24.4 Å². The van der Waals surface area contributed by atoms with Crippen LogP contribution in [0.2, 0.25) is 0 Å². The van der Waals surface area contributed by atoms with E-state index in [2.05, 4.69) is 83.1 Å². The second-order valence-electron chi connectivity index (χ2n) is 7.29. The number of nitrogens with one attached hydrogen (secondary N) is 1. The van der Waals surface area contributed by atoms with E-state index in [0.29, 0.717) is 6.61 Å². The monoisotopic (exact) mass is 394 g/mol. The van der Waals surface area contributed by atoms with Crippen LogP contribution >= 0.6 is 0 Å². The fourth-order valence-corrected chi connectivity index (χ4v) is 3.43. The number of pyridine rings is 1. The van der Waals surface area contributed by atoms with Crippen molar-refractivity contribution in [2.24, 2.45) is 0 Å². The highest BCUT2D eigenvalue weighted by atomic mass is 16.5. The van der Waals surface area contributed by atoms with Crippen LogP contribution < -0.4 is 10.1 Å². The zero-order valence-corrected chi connectivity index (χ0v) is 16.9. The lowest BCUT2D eigenvalue weighted by Crippen LogP contribution is -2.23. The van der Waals surface area contributed by atoms with Gasteiger partial charge in [0.15, 0.2) is 0 Å². The molecule has 4 aromatic rings. The quantitative estimate of drug-likeness (QED) is 0.393. The minimum Gasteiger partial charge on any atom is -0.487 e. The molecule has 1 heterocycles. The lowest BCUT2D eigenvalue weighted by atomic mass is 9.98. The topological polar surface area (TPSA) is 34.1 Å². The van der Waals surface area contributed by atoms with Crippen LogP contribution in [0.25, 0.3) is 0 Å². The van der Waals surface area contributed by atoms with Gasteiger partial charge in [-0.2, -0.15) is 0 Å². The fraction of sp³-hybridized carbons (Fsp3) is 0.148. The van der Waals surface area contributed by atoms with Crippen molar-refractivity contribution in [1.29, 1.82) is 0 Å². The van der Waals surface area contributed by atoms with Gasteiger partial charge in [0.25, 0.3) is 0 Å². The molecule has 0 aliphatic rings. The van der Waals surface area contributed by atoms with Crippen molar-refractivity contribution in [3.05, 3.63) is 132 Å². The molecule has 1 N–H and O–H groups in total. The van der Waals surface area contributed by atoms with Crippen molar-refractivity contribution in [3.63, 3.8) is 0 Å². The minimum absolute atomic E-state index is 0.258. The van der Waals surface area contributed by atoms with Crippen molar-refractivity contribution in [2.75, 3.05) is 0 Å². The van der Waals surface area contributed by atoms with E-state index in [1.54, 1.807) is 6.20 Å². The van der Waals surface area contributed by atoms with Gasteiger partial charge in [-0.15, -0.1) is 0 Å². The molecule has 0 fully saturated rings. The molecule has 150 valence electrons. The maximum absolute atomic E-state index is 5.84. The van der Waals surface area contributed by atoms with Gasteiger partial charge in [0.1, 0.15) is 12.4 Å². The summed E-state index contributed by atoms with van der Waals surface area (Å²) in [6.45, 7) is 1.28. The molecule has 0 spiro atoms. The van der Waals surface area contributed by atoms with Gasteiger partial charge in [-0.05, 0) is 47.4 Å². The molecule has 0 aliphatic heterocycles. The van der Waals surface area contributed by atoms with Gasteiger partial charge in [0, 0.05) is 18.8 Å². The molecule has 1 aromatic heterocycles. The zero-order valence-electron chi connectivity index (χ0n) is 16.9. The van der Waals surface area contributed by atoms with Crippen molar-refractivity contribution < 1.29 is 4.74 Å². The van der Waals surface area contributed by atoms with E-state index in [4.69, 9.17) is 4.74 Å². The molecule has 1 unspecified atom stereocenters. The SMILES string of the molecule is c1ccc(CC(NCc2ccc(OCc3ccccn3)cc2)c2ccccc2)cc1. The van der Waals surface area contributed by atoms with Gasteiger partial charge in [0.05, 0.1) is 5.69 Å². The second kappa shape index (κ2) is 10.4. The summed E-state index contributed by atoms with van der Waals surface area (Å²) in [5, 5.41) is 3.73. The number of aromatic nitrogens is 1. The van der Waals surface area contributed by atoms with E-state index < -0.39 is 0 Å². The number of ether oxygens (including phenoxy) is 1. The minimum atomic E-state index is 0.258. The summed E-state index contributed by atoms with van der Waals surface area (Å²) >= 11 is 0. The highest BCUT2D eigenvalue weighted by Gasteiger charge is 2.11. The molecule has 30 heavy (non-hydrogen) atoms. The molecule has 0 amide bonds. The Hall–Kier alpha value is -3.43. The molecular weight excluding hydrogens is 368 g/mol. The predicted octanol–water partition coefficient (Wildman–Crippen LogP) is 5.73. The van der Waals surface area contributed by atoms with Crippen molar-refractivity contribution >= 4 is 0 Å². The lowest BCUT2D eigenvalue weighted by molar-refractivity contribution is 0.301. The zero-order chi connectivity index (χ0) is 20.4. The van der Waals surface area contributed by atoms with E-state index in [9.17, 15) is 0 Å². The second-order valence-corrected chi connectivity index (χ2v) is 7.29. The number of hydrogen-bond acceptors (Lipinski definition) is 3. The summed E-state index contributed by atoms with van der Waals surface area (Å²) in [7, 11) is 0. The molecule has 3 aromatic carbocycles. The Morgan fingerprint density at radius 3 is 2.10 bits per heavy atom. The van der Waals surface area contributed by atoms with Crippen LogP contribution in [0, 0.1) is 0 Å². The summed E-state index contributed by atoms with van der Waals surface area (Å²) in [5.74, 6) is 0.855. The van der Waals surface area contributed by atoms with Gasteiger partial charge >= 0.3 is 0 Å². The summed E-state index contributed by atoms with van der Waals surface area (Å²) in [6, 6.07) is 35.7. The molecule has 3 nitrogen and oxygen atoms in total. The first-order chi connectivity index (χ1) is 14.9. The molecule has 0 bridgehead atoms. The van der Waals surface area contributed by atoms with Crippen LogP contribution in [0.15, 0.2) is 109 Å². The van der Waals surface area contributed by atoms with Gasteiger partial charge in [-0.25, -0.2) is 0 Å². The maximum Gasteiger partial charge on any atom is 0.130 e. The molecule has 0 aliphatic carbocycles.